The highest BCUT2D eigenvalue weighted by Crippen LogP contribution is 2.33. The fourth-order valence-corrected chi connectivity index (χ4v) is 1.30. The smallest absolute Gasteiger partial charge is 0.407 e. The van der Waals surface area contributed by atoms with Crippen LogP contribution in [0.1, 0.15) is 17.2 Å². The second kappa shape index (κ2) is 5.18. The zero-order valence-corrected chi connectivity index (χ0v) is 8.91. The molecule has 3 nitrogen and oxygen atoms in total. The third kappa shape index (κ3) is 3.56. The van der Waals surface area contributed by atoms with E-state index in [1.165, 1.54) is 0 Å². The summed E-state index contributed by atoms with van der Waals surface area (Å²) in [6.45, 7) is 0. The Morgan fingerprint density at radius 3 is 2.50 bits per heavy atom. The number of carboxylic acids is 1. The van der Waals surface area contributed by atoms with Gasteiger partial charge in [-0.3, -0.25) is 0 Å². The fourth-order valence-electron chi connectivity index (χ4n) is 1.30. The second-order valence-corrected chi connectivity index (χ2v) is 3.46. The number of aliphatic carboxylic acids is 1. The first-order valence-corrected chi connectivity index (χ1v) is 4.74. The van der Waals surface area contributed by atoms with Crippen LogP contribution in [0.4, 0.5) is 17.6 Å². The summed E-state index contributed by atoms with van der Waals surface area (Å²) in [6, 6.07) is 0.227. The van der Waals surface area contributed by atoms with Crippen molar-refractivity contribution >= 4 is 12.0 Å². The highest BCUT2D eigenvalue weighted by atomic mass is 19.4. The number of hydrogen-bond acceptors (Lipinski definition) is 2. The summed E-state index contributed by atoms with van der Waals surface area (Å²) in [5.41, 5.74) is 4.37. The molecule has 0 aliphatic carbocycles. The van der Waals surface area contributed by atoms with Crippen molar-refractivity contribution in [2.75, 3.05) is 0 Å². The number of benzene rings is 1. The molecule has 98 valence electrons. The van der Waals surface area contributed by atoms with Crippen LogP contribution in [0.25, 0.3) is 6.08 Å². The molecule has 1 aromatic carbocycles. The summed E-state index contributed by atoms with van der Waals surface area (Å²) in [4.78, 5) is 10.3. The average molecular weight is 263 g/mol. The van der Waals surface area contributed by atoms with Crippen molar-refractivity contribution in [2.45, 2.75) is 12.2 Å². The first-order valence-electron chi connectivity index (χ1n) is 4.74. The Kier molecular flexibility index (Phi) is 4.07. The summed E-state index contributed by atoms with van der Waals surface area (Å²) in [5.74, 6) is -2.21. The van der Waals surface area contributed by atoms with Crippen LogP contribution in [0.3, 0.4) is 0 Å². The summed E-state index contributed by atoms with van der Waals surface area (Å²) in [5, 5.41) is 8.40. The maximum Gasteiger partial charge on any atom is 0.407 e. The van der Waals surface area contributed by atoms with Crippen molar-refractivity contribution in [1.82, 2.24) is 0 Å². The van der Waals surface area contributed by atoms with Crippen LogP contribution in [0.2, 0.25) is 0 Å². The lowest BCUT2D eigenvalue weighted by Gasteiger charge is -2.18. The molecule has 0 fully saturated rings. The van der Waals surface area contributed by atoms with Gasteiger partial charge in [0.25, 0.3) is 0 Å². The van der Waals surface area contributed by atoms with Gasteiger partial charge in [-0.2, -0.15) is 13.2 Å². The lowest BCUT2D eigenvalue weighted by molar-refractivity contribution is -0.149. The van der Waals surface area contributed by atoms with Gasteiger partial charge in [-0.15, -0.1) is 0 Å². The van der Waals surface area contributed by atoms with Crippen LogP contribution >= 0.6 is 0 Å². The first-order chi connectivity index (χ1) is 8.21. The number of nitrogens with two attached hydrogens (primary N) is 1. The summed E-state index contributed by atoms with van der Waals surface area (Å²) in [6.07, 6.45) is -3.15. The molecule has 0 saturated carbocycles. The molecule has 18 heavy (non-hydrogen) atoms. The quantitative estimate of drug-likeness (QED) is 0.650. The molecule has 7 heteroatoms. The number of alkyl halides is 3. The molecule has 0 radical (unpaired) electrons. The van der Waals surface area contributed by atoms with Gasteiger partial charge in [-0.1, -0.05) is 6.07 Å². The number of rotatable bonds is 3. The molecule has 1 aromatic rings. The molecule has 1 rings (SSSR count). The predicted molar refractivity (Wildman–Crippen MR) is 56.1 cm³/mol. The molecule has 0 bridgehead atoms. The van der Waals surface area contributed by atoms with E-state index in [1.54, 1.807) is 0 Å². The van der Waals surface area contributed by atoms with Gasteiger partial charge in [0.15, 0.2) is 0 Å². The van der Waals surface area contributed by atoms with Gasteiger partial charge in [0, 0.05) is 6.08 Å². The van der Waals surface area contributed by atoms with Crippen LogP contribution in [-0.4, -0.2) is 17.3 Å². The standard InChI is InChI=1S/C11H9F4NO2/c12-7-3-1-6(2-4-9(17)18)8(5-7)10(16)11(13,14)15/h1-5,10H,16H2,(H,17,18)/b4-2+/t10-/m1/s1. The minimum atomic E-state index is -4.74. The lowest BCUT2D eigenvalue weighted by Crippen LogP contribution is -2.29. The van der Waals surface area contributed by atoms with E-state index in [9.17, 15) is 22.4 Å². The van der Waals surface area contributed by atoms with E-state index in [0.717, 1.165) is 18.2 Å². The summed E-state index contributed by atoms with van der Waals surface area (Å²) in [7, 11) is 0. The van der Waals surface area contributed by atoms with Crippen molar-refractivity contribution in [2.24, 2.45) is 5.73 Å². The third-order valence-corrected chi connectivity index (χ3v) is 2.14. The average Bonchev–Trinajstić information content (AvgIpc) is 2.24. The molecule has 1 atom stereocenters. The SMILES string of the molecule is N[C@H](c1cc(F)ccc1/C=C/C(=O)O)C(F)(F)F. The number of halogens is 4. The van der Waals surface area contributed by atoms with Crippen molar-refractivity contribution in [1.29, 1.82) is 0 Å². The summed E-state index contributed by atoms with van der Waals surface area (Å²) >= 11 is 0. The maximum absolute atomic E-state index is 12.9. The zero-order chi connectivity index (χ0) is 13.9. The minimum absolute atomic E-state index is 0.0939. The van der Waals surface area contributed by atoms with Crippen LogP contribution < -0.4 is 5.73 Å². The van der Waals surface area contributed by atoms with E-state index in [4.69, 9.17) is 10.8 Å². The number of carbonyl (C=O) groups is 1. The van der Waals surface area contributed by atoms with Crippen LogP contribution in [0.5, 0.6) is 0 Å². The largest absolute Gasteiger partial charge is 0.478 e. The van der Waals surface area contributed by atoms with Gasteiger partial charge >= 0.3 is 12.1 Å². The van der Waals surface area contributed by atoms with Gasteiger partial charge in [-0.25, -0.2) is 9.18 Å². The van der Waals surface area contributed by atoms with Gasteiger partial charge in [0.2, 0.25) is 0 Å². The molecule has 0 aromatic heterocycles. The Hall–Kier alpha value is -1.89. The van der Waals surface area contributed by atoms with Crippen molar-refractivity contribution < 1.29 is 27.5 Å². The van der Waals surface area contributed by atoms with Crippen molar-refractivity contribution in [3.63, 3.8) is 0 Å². The van der Waals surface area contributed by atoms with Crippen molar-refractivity contribution in [3.05, 3.63) is 41.2 Å². The van der Waals surface area contributed by atoms with Gasteiger partial charge in [-0.05, 0) is 29.3 Å². The molecule has 0 spiro atoms. The second-order valence-electron chi connectivity index (χ2n) is 3.46. The number of carboxylic acid groups (broad SMARTS) is 1. The van der Waals surface area contributed by atoms with Gasteiger partial charge in [0.05, 0.1) is 0 Å². The predicted octanol–water partition coefficient (Wildman–Crippen LogP) is 2.49. The highest BCUT2D eigenvalue weighted by molar-refractivity contribution is 5.85. The molecule has 0 unspecified atom stereocenters. The molecule has 3 N–H and O–H groups in total. The van der Waals surface area contributed by atoms with Crippen molar-refractivity contribution in [3.8, 4) is 0 Å². The normalized spacial score (nSPS) is 13.8. The number of hydrogen-bond donors (Lipinski definition) is 2. The maximum atomic E-state index is 12.9. The Morgan fingerprint density at radius 1 is 1.39 bits per heavy atom. The molecule has 0 aliphatic rings. The zero-order valence-electron chi connectivity index (χ0n) is 8.91. The Labute approximate surface area is 99.5 Å². The van der Waals surface area contributed by atoms with E-state index in [0.29, 0.717) is 12.1 Å². The molecule has 0 aliphatic heterocycles. The van der Waals surface area contributed by atoms with E-state index >= 15 is 0 Å². The topological polar surface area (TPSA) is 63.3 Å². The monoisotopic (exact) mass is 263 g/mol. The van der Waals surface area contributed by atoms with E-state index in [1.807, 2.05) is 0 Å². The van der Waals surface area contributed by atoms with Crippen LogP contribution in [-0.2, 0) is 4.79 Å². The van der Waals surface area contributed by atoms with E-state index in [-0.39, 0.29) is 5.56 Å². The fraction of sp³-hybridized carbons (Fsp3) is 0.182. The highest BCUT2D eigenvalue weighted by Gasteiger charge is 2.38. The van der Waals surface area contributed by atoms with E-state index in [2.05, 4.69) is 0 Å². The van der Waals surface area contributed by atoms with Gasteiger partial charge in [0.1, 0.15) is 11.9 Å². The van der Waals surface area contributed by atoms with Gasteiger partial charge < -0.3 is 10.8 Å². The lowest BCUT2D eigenvalue weighted by atomic mass is 10.00. The minimum Gasteiger partial charge on any atom is -0.478 e. The van der Waals surface area contributed by atoms with E-state index < -0.39 is 29.6 Å². The summed E-state index contributed by atoms with van der Waals surface area (Å²) < 4.78 is 50.3. The Bertz CT molecular complexity index is 482. The molecule has 0 heterocycles. The Morgan fingerprint density at radius 2 is 2.00 bits per heavy atom. The van der Waals surface area contributed by atoms with Crippen LogP contribution in [0.15, 0.2) is 24.3 Å². The molecule has 0 saturated heterocycles. The third-order valence-electron chi connectivity index (χ3n) is 2.14. The Balaban J connectivity index is 3.24. The first kappa shape index (κ1) is 14.2. The molecular formula is C11H9F4NO2. The molecular weight excluding hydrogens is 254 g/mol. The van der Waals surface area contributed by atoms with Crippen LogP contribution in [0, 0.1) is 5.82 Å². The molecule has 0 amide bonds.